The summed E-state index contributed by atoms with van der Waals surface area (Å²) in [5.41, 5.74) is 4.41. The molecule has 3 aromatic rings. The Morgan fingerprint density at radius 2 is 1.26 bits per heavy atom. The number of hydrogen-bond donors (Lipinski definition) is 1. The number of hydrogen-bond acceptors (Lipinski definition) is 4. The lowest BCUT2D eigenvalue weighted by molar-refractivity contribution is 0.0426. The molecule has 2 saturated heterocycles. The Morgan fingerprint density at radius 1 is 0.765 bits per heavy atom. The van der Waals surface area contributed by atoms with Gasteiger partial charge in [-0.15, -0.1) is 0 Å². The first-order valence-electron chi connectivity index (χ1n) is 12.4. The van der Waals surface area contributed by atoms with Gasteiger partial charge in [-0.1, -0.05) is 97.1 Å². The summed E-state index contributed by atoms with van der Waals surface area (Å²) in [4.78, 5) is 4.96. The van der Waals surface area contributed by atoms with Crippen LogP contribution < -0.4 is 0 Å². The van der Waals surface area contributed by atoms with Crippen molar-refractivity contribution < 1.29 is 9.84 Å². The van der Waals surface area contributed by atoms with Crippen molar-refractivity contribution in [1.29, 1.82) is 0 Å². The van der Waals surface area contributed by atoms with E-state index in [9.17, 15) is 5.11 Å². The number of piperidine rings is 1. The van der Waals surface area contributed by atoms with Gasteiger partial charge in [0.15, 0.2) is 0 Å². The van der Waals surface area contributed by atoms with Gasteiger partial charge in [0.05, 0.1) is 24.9 Å². The van der Waals surface area contributed by atoms with Crippen LogP contribution in [-0.4, -0.2) is 66.9 Å². The van der Waals surface area contributed by atoms with Crippen LogP contribution in [0.25, 0.3) is 0 Å². The molecular weight excluding hydrogens is 420 g/mol. The van der Waals surface area contributed by atoms with Crippen molar-refractivity contribution in [2.45, 2.75) is 18.1 Å². The second-order valence-corrected chi connectivity index (χ2v) is 9.23. The predicted molar refractivity (Wildman–Crippen MR) is 137 cm³/mol. The van der Waals surface area contributed by atoms with E-state index in [1.807, 2.05) is 0 Å². The summed E-state index contributed by atoms with van der Waals surface area (Å²) in [5, 5.41) is 11.0. The maximum absolute atomic E-state index is 11.0. The summed E-state index contributed by atoms with van der Waals surface area (Å²) in [6, 6.07) is 32.4. The molecule has 4 nitrogen and oxygen atoms in total. The molecule has 176 valence electrons. The average Bonchev–Trinajstić information content (AvgIpc) is 2.92. The van der Waals surface area contributed by atoms with Crippen LogP contribution in [0.15, 0.2) is 103 Å². The summed E-state index contributed by atoms with van der Waals surface area (Å²) < 4.78 is 5.50. The molecule has 0 saturated carbocycles. The topological polar surface area (TPSA) is 35.9 Å². The van der Waals surface area contributed by atoms with Crippen molar-refractivity contribution in [3.8, 4) is 0 Å². The maximum atomic E-state index is 11.0. The molecule has 1 atom stereocenters. The molecule has 2 aliphatic rings. The van der Waals surface area contributed by atoms with Gasteiger partial charge in [-0.2, -0.15) is 0 Å². The Kier molecular flexibility index (Phi) is 7.21. The zero-order chi connectivity index (χ0) is 23.2. The molecule has 34 heavy (non-hydrogen) atoms. The molecule has 0 radical (unpaired) electrons. The lowest BCUT2D eigenvalue weighted by Crippen LogP contribution is -2.53. The molecule has 4 heteroatoms. The summed E-state index contributed by atoms with van der Waals surface area (Å²) in [6.45, 7) is 5.88. The van der Waals surface area contributed by atoms with Crippen LogP contribution in [-0.2, 0) is 10.3 Å². The van der Waals surface area contributed by atoms with Gasteiger partial charge in [-0.3, -0.25) is 9.80 Å². The van der Waals surface area contributed by atoms with E-state index >= 15 is 0 Å². The van der Waals surface area contributed by atoms with Crippen molar-refractivity contribution >= 4 is 0 Å². The molecule has 3 aromatic carbocycles. The Bertz CT molecular complexity index is 966. The zero-order valence-electron chi connectivity index (χ0n) is 19.7. The molecule has 0 spiro atoms. The van der Waals surface area contributed by atoms with Crippen molar-refractivity contribution in [3.63, 3.8) is 0 Å². The van der Waals surface area contributed by atoms with Crippen molar-refractivity contribution in [2.24, 2.45) is 0 Å². The van der Waals surface area contributed by atoms with Gasteiger partial charge < -0.3 is 9.84 Å². The van der Waals surface area contributed by atoms with Crippen LogP contribution in [0.3, 0.4) is 0 Å². The Hall–Kier alpha value is -2.76. The van der Waals surface area contributed by atoms with Gasteiger partial charge in [0.25, 0.3) is 0 Å². The molecule has 0 bridgehead atoms. The Labute approximate surface area is 203 Å². The number of rotatable bonds is 6. The minimum Gasteiger partial charge on any atom is -0.389 e. The van der Waals surface area contributed by atoms with Gasteiger partial charge in [-0.25, -0.2) is 0 Å². The van der Waals surface area contributed by atoms with Gasteiger partial charge in [0, 0.05) is 32.7 Å². The third-order valence-corrected chi connectivity index (χ3v) is 7.24. The highest BCUT2D eigenvalue weighted by molar-refractivity contribution is 5.50. The summed E-state index contributed by atoms with van der Waals surface area (Å²) >= 11 is 0. The fourth-order valence-corrected chi connectivity index (χ4v) is 5.47. The zero-order valence-corrected chi connectivity index (χ0v) is 19.7. The first kappa shape index (κ1) is 23.0. The summed E-state index contributed by atoms with van der Waals surface area (Å²) in [5.74, 6) is 0. The van der Waals surface area contributed by atoms with Gasteiger partial charge >= 0.3 is 0 Å². The average molecular weight is 455 g/mol. The first-order valence-corrected chi connectivity index (χ1v) is 12.4. The number of benzene rings is 3. The van der Waals surface area contributed by atoms with Crippen LogP contribution in [0.4, 0.5) is 0 Å². The van der Waals surface area contributed by atoms with E-state index in [0.29, 0.717) is 0 Å². The molecule has 5 rings (SSSR count). The number of morpholine rings is 1. The minimum atomic E-state index is -0.442. The molecule has 2 heterocycles. The third-order valence-electron chi connectivity index (χ3n) is 7.24. The fraction of sp³-hybridized carbons (Fsp3) is 0.333. The number of aliphatic hydroxyl groups is 1. The molecule has 2 fully saturated rings. The SMILES string of the molecule is OC1CCN(C(c2ccccc2)(c2ccccc2)c2ccccc2)C/C1=C/CN1CCOCC1. The van der Waals surface area contributed by atoms with Crippen LogP contribution in [0.1, 0.15) is 23.1 Å². The van der Waals surface area contributed by atoms with Gasteiger partial charge in [0.2, 0.25) is 0 Å². The second kappa shape index (κ2) is 10.7. The van der Waals surface area contributed by atoms with E-state index < -0.39 is 11.6 Å². The highest BCUT2D eigenvalue weighted by Crippen LogP contribution is 2.44. The van der Waals surface area contributed by atoms with Crippen LogP contribution in [0.5, 0.6) is 0 Å². The van der Waals surface area contributed by atoms with E-state index in [1.54, 1.807) is 0 Å². The molecule has 0 aliphatic carbocycles. The van der Waals surface area contributed by atoms with Crippen molar-refractivity contribution in [1.82, 2.24) is 9.80 Å². The molecular formula is C30H34N2O2. The van der Waals surface area contributed by atoms with E-state index in [-0.39, 0.29) is 0 Å². The van der Waals surface area contributed by atoms with E-state index in [0.717, 1.165) is 57.9 Å². The van der Waals surface area contributed by atoms with E-state index in [4.69, 9.17) is 4.74 Å². The molecule has 1 unspecified atom stereocenters. The number of ether oxygens (including phenoxy) is 1. The molecule has 2 aliphatic heterocycles. The maximum Gasteiger partial charge on any atom is 0.0975 e. The number of nitrogens with zero attached hydrogens (tertiary/aromatic N) is 2. The smallest absolute Gasteiger partial charge is 0.0975 e. The Morgan fingerprint density at radius 3 is 1.76 bits per heavy atom. The Balaban J connectivity index is 1.59. The van der Waals surface area contributed by atoms with Crippen molar-refractivity contribution in [2.75, 3.05) is 45.9 Å². The standard InChI is InChI=1S/C30H34N2O2/c33-29-17-19-32(24-25(29)16-18-31-20-22-34-23-21-31)30(26-10-4-1-5-11-26,27-12-6-2-7-13-27)28-14-8-3-9-15-28/h1-16,29,33H,17-24H2/b25-16-. The summed E-state index contributed by atoms with van der Waals surface area (Å²) in [6.07, 6.45) is 2.59. The molecule has 0 amide bonds. The number of aliphatic hydroxyl groups excluding tert-OH is 1. The van der Waals surface area contributed by atoms with Crippen molar-refractivity contribution in [3.05, 3.63) is 119 Å². The largest absolute Gasteiger partial charge is 0.389 e. The highest BCUT2D eigenvalue weighted by Gasteiger charge is 2.44. The highest BCUT2D eigenvalue weighted by atomic mass is 16.5. The molecule has 1 N–H and O–H groups in total. The van der Waals surface area contributed by atoms with Crippen LogP contribution >= 0.6 is 0 Å². The van der Waals surface area contributed by atoms with E-state index in [1.165, 1.54) is 16.7 Å². The van der Waals surface area contributed by atoms with Gasteiger partial charge in [0.1, 0.15) is 0 Å². The first-order chi connectivity index (χ1) is 16.8. The lowest BCUT2D eigenvalue weighted by Gasteiger charge is -2.48. The number of likely N-dealkylation sites (tertiary alicyclic amines) is 1. The third kappa shape index (κ3) is 4.59. The fourth-order valence-electron chi connectivity index (χ4n) is 5.47. The monoisotopic (exact) mass is 454 g/mol. The lowest BCUT2D eigenvalue weighted by atomic mass is 9.74. The van der Waals surface area contributed by atoms with Crippen LogP contribution in [0.2, 0.25) is 0 Å². The van der Waals surface area contributed by atoms with Gasteiger partial charge in [-0.05, 0) is 28.7 Å². The quantitative estimate of drug-likeness (QED) is 0.445. The normalized spacial score (nSPS) is 21.6. The minimum absolute atomic E-state index is 0.391. The second-order valence-electron chi connectivity index (χ2n) is 9.23. The molecule has 0 aromatic heterocycles. The van der Waals surface area contributed by atoms with E-state index in [2.05, 4.69) is 107 Å². The van der Waals surface area contributed by atoms with Crippen LogP contribution in [0, 0.1) is 0 Å². The predicted octanol–water partition coefficient (Wildman–Crippen LogP) is 4.30. The summed E-state index contributed by atoms with van der Waals surface area (Å²) in [7, 11) is 0.